The molecule has 3 aromatic rings. The highest BCUT2D eigenvalue weighted by atomic mass is 35.5. The number of hydrogen-bond acceptors (Lipinski definition) is 5. The van der Waals surface area contributed by atoms with Crippen LogP contribution in [0.3, 0.4) is 0 Å². The van der Waals surface area contributed by atoms with Crippen molar-refractivity contribution in [1.82, 2.24) is 10.2 Å². The van der Waals surface area contributed by atoms with Crippen molar-refractivity contribution in [2.45, 2.75) is 64.1 Å². The van der Waals surface area contributed by atoms with E-state index in [4.69, 9.17) is 16.3 Å². The van der Waals surface area contributed by atoms with Crippen molar-refractivity contribution in [3.05, 3.63) is 88.9 Å². The summed E-state index contributed by atoms with van der Waals surface area (Å²) in [5.41, 5.74) is 1.33. The van der Waals surface area contributed by atoms with E-state index in [1.54, 1.807) is 55.6 Å². The summed E-state index contributed by atoms with van der Waals surface area (Å²) < 4.78 is 34.3. The largest absolute Gasteiger partial charge is 0.497 e. The third-order valence-electron chi connectivity index (χ3n) is 6.36. The molecule has 8 nitrogen and oxygen atoms in total. The molecule has 0 heterocycles. The fourth-order valence-electron chi connectivity index (χ4n) is 4.34. The maximum Gasteiger partial charge on any atom is 0.264 e. The molecule has 0 spiro atoms. The van der Waals surface area contributed by atoms with E-state index >= 15 is 0 Å². The predicted octanol–water partition coefficient (Wildman–Crippen LogP) is 5.57. The number of sulfonamides is 1. The summed E-state index contributed by atoms with van der Waals surface area (Å²) >= 11 is 6.24. The van der Waals surface area contributed by atoms with Crippen LogP contribution in [-0.2, 0) is 26.2 Å². The van der Waals surface area contributed by atoms with Crippen LogP contribution >= 0.6 is 11.6 Å². The Labute approximate surface area is 248 Å². The zero-order chi connectivity index (χ0) is 30.4. The number of aryl methyl sites for hydroxylation is 1. The average Bonchev–Trinajstić information content (AvgIpc) is 2.90. The number of benzene rings is 3. The zero-order valence-corrected chi connectivity index (χ0v) is 25.9. The summed E-state index contributed by atoms with van der Waals surface area (Å²) in [7, 11) is -2.63. The molecule has 1 N–H and O–H groups in total. The summed E-state index contributed by atoms with van der Waals surface area (Å²) in [6.07, 6.45) is 0.319. The van der Waals surface area contributed by atoms with Crippen LogP contribution in [0.4, 0.5) is 5.69 Å². The van der Waals surface area contributed by atoms with E-state index in [1.807, 2.05) is 40.7 Å². The van der Waals surface area contributed by atoms with Crippen molar-refractivity contribution in [3.8, 4) is 5.75 Å². The number of amides is 2. The van der Waals surface area contributed by atoms with Crippen molar-refractivity contribution in [1.29, 1.82) is 0 Å². The van der Waals surface area contributed by atoms with Gasteiger partial charge in [-0.05, 0) is 82.1 Å². The minimum Gasteiger partial charge on any atom is -0.497 e. The highest BCUT2D eigenvalue weighted by Crippen LogP contribution is 2.27. The lowest BCUT2D eigenvalue weighted by molar-refractivity contribution is -0.141. The first kappa shape index (κ1) is 32.0. The van der Waals surface area contributed by atoms with Crippen LogP contribution in [0.5, 0.6) is 5.75 Å². The fourth-order valence-corrected chi connectivity index (χ4v) is 5.93. The van der Waals surface area contributed by atoms with Crippen LogP contribution in [0.15, 0.2) is 77.7 Å². The Morgan fingerprint density at radius 3 is 2.24 bits per heavy atom. The van der Waals surface area contributed by atoms with Crippen molar-refractivity contribution >= 4 is 39.1 Å². The van der Waals surface area contributed by atoms with Gasteiger partial charge in [0, 0.05) is 17.1 Å². The smallest absolute Gasteiger partial charge is 0.264 e. The van der Waals surface area contributed by atoms with Gasteiger partial charge in [-0.15, -0.1) is 0 Å². The number of hydrogen-bond donors (Lipinski definition) is 1. The molecule has 220 valence electrons. The Kier molecular flexibility index (Phi) is 10.4. The van der Waals surface area contributed by atoms with Crippen LogP contribution in [0, 0.1) is 6.92 Å². The molecule has 0 aliphatic heterocycles. The second kappa shape index (κ2) is 13.4. The number of anilines is 1. The minimum atomic E-state index is -4.17. The van der Waals surface area contributed by atoms with Gasteiger partial charge in [-0.25, -0.2) is 8.42 Å². The first-order valence-corrected chi connectivity index (χ1v) is 15.2. The fraction of sp³-hybridized carbons (Fsp3) is 0.355. The molecule has 0 bridgehead atoms. The van der Waals surface area contributed by atoms with Gasteiger partial charge in [0.2, 0.25) is 11.8 Å². The Bertz CT molecular complexity index is 1470. The van der Waals surface area contributed by atoms with Gasteiger partial charge in [-0.2, -0.15) is 0 Å². The van der Waals surface area contributed by atoms with Crippen LogP contribution in [0.25, 0.3) is 0 Å². The van der Waals surface area contributed by atoms with Crippen molar-refractivity contribution in [3.63, 3.8) is 0 Å². The van der Waals surface area contributed by atoms with Crippen LogP contribution in [0.2, 0.25) is 5.02 Å². The van der Waals surface area contributed by atoms with E-state index in [0.717, 1.165) is 15.4 Å². The number of nitrogens with one attached hydrogen (secondary N) is 1. The van der Waals surface area contributed by atoms with Gasteiger partial charge in [-0.3, -0.25) is 13.9 Å². The molecular formula is C31H38ClN3O5S. The minimum absolute atomic E-state index is 0.0349. The van der Waals surface area contributed by atoms with Gasteiger partial charge in [0.1, 0.15) is 18.3 Å². The molecule has 41 heavy (non-hydrogen) atoms. The Balaban J connectivity index is 2.08. The second-order valence-corrected chi connectivity index (χ2v) is 13.1. The van der Waals surface area contributed by atoms with E-state index in [1.165, 1.54) is 23.1 Å². The Morgan fingerprint density at radius 2 is 1.66 bits per heavy atom. The molecule has 1 atom stereocenters. The molecule has 0 aromatic heterocycles. The number of carbonyl (C=O) groups excluding carboxylic acids is 2. The molecule has 0 aliphatic rings. The first-order valence-electron chi connectivity index (χ1n) is 13.3. The normalized spacial score (nSPS) is 12.4. The molecule has 0 unspecified atom stereocenters. The quantitative estimate of drug-likeness (QED) is 0.311. The van der Waals surface area contributed by atoms with Gasteiger partial charge in [0.15, 0.2) is 0 Å². The summed E-state index contributed by atoms with van der Waals surface area (Å²) in [5, 5.41) is 3.28. The third kappa shape index (κ3) is 8.47. The Morgan fingerprint density at radius 1 is 1.00 bits per heavy atom. The van der Waals surface area contributed by atoms with Gasteiger partial charge in [0.05, 0.1) is 17.7 Å². The van der Waals surface area contributed by atoms with E-state index in [2.05, 4.69) is 5.32 Å². The molecule has 0 radical (unpaired) electrons. The van der Waals surface area contributed by atoms with Crippen molar-refractivity contribution in [2.24, 2.45) is 0 Å². The van der Waals surface area contributed by atoms with E-state index in [0.29, 0.717) is 17.2 Å². The lowest BCUT2D eigenvalue weighted by Gasteiger charge is -2.34. The van der Waals surface area contributed by atoms with Gasteiger partial charge >= 0.3 is 0 Å². The van der Waals surface area contributed by atoms with Crippen molar-refractivity contribution < 1.29 is 22.7 Å². The molecule has 3 aromatic carbocycles. The monoisotopic (exact) mass is 599 g/mol. The number of methoxy groups -OCH3 is 1. The molecule has 3 rings (SSSR count). The van der Waals surface area contributed by atoms with Gasteiger partial charge in [-0.1, -0.05) is 54.4 Å². The maximum absolute atomic E-state index is 14.1. The second-order valence-electron chi connectivity index (χ2n) is 10.8. The van der Waals surface area contributed by atoms with Crippen LogP contribution < -0.4 is 14.4 Å². The summed E-state index contributed by atoms with van der Waals surface area (Å²) in [5.74, 6) is -0.268. The molecule has 0 saturated heterocycles. The maximum atomic E-state index is 14.1. The summed E-state index contributed by atoms with van der Waals surface area (Å²) in [6.45, 7) is 8.79. The van der Waals surface area contributed by atoms with E-state index < -0.39 is 34.1 Å². The molecule has 2 amide bonds. The van der Waals surface area contributed by atoms with Crippen LogP contribution in [0.1, 0.15) is 45.2 Å². The average molecular weight is 600 g/mol. The van der Waals surface area contributed by atoms with Gasteiger partial charge < -0.3 is 15.0 Å². The number of ether oxygens (including phenoxy) is 1. The number of halogens is 1. The SMILES string of the molecule is CC[C@@H](C(=O)NC(C)(C)C)N(Cc1cccc(OC)c1)C(=O)CN(c1cccc(Cl)c1)S(=O)(=O)c1ccc(C)cc1. The highest BCUT2D eigenvalue weighted by Gasteiger charge is 2.34. The van der Waals surface area contributed by atoms with E-state index in [9.17, 15) is 18.0 Å². The number of carbonyl (C=O) groups is 2. The van der Waals surface area contributed by atoms with Crippen LogP contribution in [-0.4, -0.2) is 50.4 Å². The standard InChI is InChI=1S/C31H38ClN3O5S/c1-7-28(30(37)33-31(3,4)5)34(20-23-10-8-13-26(18-23)40-6)29(36)21-35(25-12-9-11-24(32)19-25)41(38,39)27-16-14-22(2)15-17-27/h8-19,28H,7,20-21H2,1-6H3,(H,33,37)/t28-/m0/s1. The zero-order valence-electron chi connectivity index (χ0n) is 24.3. The molecule has 10 heteroatoms. The van der Waals surface area contributed by atoms with Crippen molar-refractivity contribution in [2.75, 3.05) is 18.0 Å². The van der Waals surface area contributed by atoms with Gasteiger partial charge in [0.25, 0.3) is 10.0 Å². The van der Waals surface area contributed by atoms with E-state index in [-0.39, 0.29) is 23.0 Å². The lowest BCUT2D eigenvalue weighted by Crippen LogP contribution is -2.55. The molecule has 0 saturated carbocycles. The molecule has 0 aliphatic carbocycles. The summed E-state index contributed by atoms with van der Waals surface area (Å²) in [6, 6.07) is 19.1. The number of nitrogens with zero attached hydrogens (tertiary/aromatic N) is 2. The first-order chi connectivity index (χ1) is 19.2. The molecular weight excluding hydrogens is 562 g/mol. The lowest BCUT2D eigenvalue weighted by atomic mass is 10.1. The number of rotatable bonds is 11. The molecule has 0 fully saturated rings. The third-order valence-corrected chi connectivity index (χ3v) is 8.38. The predicted molar refractivity (Wildman–Crippen MR) is 163 cm³/mol. The Hall–Kier alpha value is -3.56. The highest BCUT2D eigenvalue weighted by molar-refractivity contribution is 7.92. The summed E-state index contributed by atoms with van der Waals surface area (Å²) in [4.78, 5) is 29.0. The topological polar surface area (TPSA) is 96.0 Å².